The van der Waals surface area contributed by atoms with E-state index >= 15 is 0 Å². The molecule has 1 aliphatic carbocycles. The van der Waals surface area contributed by atoms with E-state index in [1.54, 1.807) is 21.7 Å². The molecule has 18 heavy (non-hydrogen) atoms. The van der Waals surface area contributed by atoms with Gasteiger partial charge in [0.1, 0.15) is 0 Å². The van der Waals surface area contributed by atoms with E-state index in [0.29, 0.717) is 19.0 Å². The molecule has 2 rings (SSSR count). The highest BCUT2D eigenvalue weighted by Crippen LogP contribution is 2.30. The molecule has 2 unspecified atom stereocenters. The molecule has 5 heteroatoms. The molecule has 0 radical (unpaired) electrons. The highest BCUT2D eigenvalue weighted by Gasteiger charge is 2.31. The maximum Gasteiger partial charge on any atom is 0.226 e. The Morgan fingerprint density at radius 1 is 1.56 bits per heavy atom. The molecule has 100 valence electrons. The summed E-state index contributed by atoms with van der Waals surface area (Å²) in [5.41, 5.74) is 8.56. The van der Waals surface area contributed by atoms with Gasteiger partial charge in [0.2, 0.25) is 5.91 Å². The molecular weight excluding hydrogens is 246 g/mol. The summed E-state index contributed by atoms with van der Waals surface area (Å²) >= 11 is 1.56. The smallest absolute Gasteiger partial charge is 0.226 e. The largest absolute Gasteiger partial charge is 0.340 e. The molecule has 0 spiro atoms. The third kappa shape index (κ3) is 3.09. The standard InChI is InChI=1S/C13H21N3OS/c1-16(7-11-8-18-9-15-11)13(17)12-5-3-2-4-10(12)6-14/h8-10,12H,2-7,14H2,1H3. The molecule has 1 amide bonds. The van der Waals surface area contributed by atoms with Gasteiger partial charge in [-0.05, 0) is 25.3 Å². The van der Waals surface area contributed by atoms with Crippen molar-refractivity contribution in [1.29, 1.82) is 0 Å². The normalized spacial score (nSPS) is 23.9. The van der Waals surface area contributed by atoms with Crippen molar-refractivity contribution >= 4 is 17.2 Å². The Kier molecular flexibility index (Phi) is 4.72. The molecule has 0 aliphatic heterocycles. The summed E-state index contributed by atoms with van der Waals surface area (Å²) in [6.07, 6.45) is 4.44. The zero-order chi connectivity index (χ0) is 13.0. The molecule has 1 aliphatic rings. The molecule has 2 atom stereocenters. The highest BCUT2D eigenvalue weighted by molar-refractivity contribution is 7.07. The SMILES string of the molecule is CN(Cc1cscn1)C(=O)C1CCCCC1CN. The lowest BCUT2D eigenvalue weighted by molar-refractivity contribution is -0.137. The molecule has 1 heterocycles. The quantitative estimate of drug-likeness (QED) is 0.906. The number of hydrogen-bond donors (Lipinski definition) is 1. The van der Waals surface area contributed by atoms with Crippen LogP contribution in [0.25, 0.3) is 0 Å². The number of amides is 1. The molecule has 1 aromatic rings. The predicted molar refractivity (Wildman–Crippen MR) is 73.1 cm³/mol. The van der Waals surface area contributed by atoms with Crippen molar-refractivity contribution in [2.45, 2.75) is 32.2 Å². The van der Waals surface area contributed by atoms with Gasteiger partial charge in [-0.15, -0.1) is 11.3 Å². The van der Waals surface area contributed by atoms with Crippen LogP contribution in [0.5, 0.6) is 0 Å². The van der Waals surface area contributed by atoms with Crippen molar-refractivity contribution in [2.24, 2.45) is 17.6 Å². The lowest BCUT2D eigenvalue weighted by atomic mass is 9.78. The number of nitrogens with zero attached hydrogens (tertiary/aromatic N) is 2. The zero-order valence-electron chi connectivity index (χ0n) is 10.8. The summed E-state index contributed by atoms with van der Waals surface area (Å²) in [5, 5.41) is 1.99. The third-order valence-corrected chi connectivity index (χ3v) is 4.42. The summed E-state index contributed by atoms with van der Waals surface area (Å²) in [7, 11) is 1.86. The average molecular weight is 267 g/mol. The van der Waals surface area contributed by atoms with E-state index < -0.39 is 0 Å². The lowest BCUT2D eigenvalue weighted by Crippen LogP contribution is -2.40. The minimum absolute atomic E-state index is 0.118. The van der Waals surface area contributed by atoms with Gasteiger partial charge in [-0.2, -0.15) is 0 Å². The number of nitrogens with two attached hydrogens (primary N) is 1. The second-order valence-electron chi connectivity index (χ2n) is 5.06. The highest BCUT2D eigenvalue weighted by atomic mass is 32.1. The number of aromatic nitrogens is 1. The molecule has 4 nitrogen and oxygen atoms in total. The first-order chi connectivity index (χ1) is 8.72. The van der Waals surface area contributed by atoms with Crippen LogP contribution in [0.3, 0.4) is 0 Å². The van der Waals surface area contributed by atoms with E-state index in [4.69, 9.17) is 5.73 Å². The van der Waals surface area contributed by atoms with Gasteiger partial charge in [0.05, 0.1) is 17.7 Å². The maximum atomic E-state index is 12.4. The molecule has 1 saturated carbocycles. The fourth-order valence-electron chi connectivity index (χ4n) is 2.73. The monoisotopic (exact) mass is 267 g/mol. The second-order valence-corrected chi connectivity index (χ2v) is 5.78. The Morgan fingerprint density at radius 2 is 2.33 bits per heavy atom. The molecular formula is C13H21N3OS. The average Bonchev–Trinajstić information content (AvgIpc) is 2.90. The van der Waals surface area contributed by atoms with E-state index in [2.05, 4.69) is 4.98 Å². The van der Waals surface area contributed by atoms with Crippen molar-refractivity contribution in [3.63, 3.8) is 0 Å². The first kappa shape index (κ1) is 13.5. The van der Waals surface area contributed by atoms with E-state index in [1.807, 2.05) is 12.4 Å². The molecule has 2 N–H and O–H groups in total. The van der Waals surface area contributed by atoms with Crippen LogP contribution in [-0.4, -0.2) is 29.4 Å². The van der Waals surface area contributed by atoms with E-state index in [-0.39, 0.29) is 11.8 Å². The van der Waals surface area contributed by atoms with Crippen LogP contribution in [0.15, 0.2) is 10.9 Å². The molecule has 0 saturated heterocycles. The van der Waals surface area contributed by atoms with Crippen LogP contribution in [-0.2, 0) is 11.3 Å². The molecule has 1 fully saturated rings. The number of hydrogen-bond acceptors (Lipinski definition) is 4. The first-order valence-corrected chi connectivity index (χ1v) is 7.48. The fourth-order valence-corrected chi connectivity index (χ4v) is 3.28. The van der Waals surface area contributed by atoms with E-state index in [1.165, 1.54) is 6.42 Å². The minimum Gasteiger partial charge on any atom is -0.340 e. The third-order valence-electron chi connectivity index (χ3n) is 3.79. The number of carbonyl (C=O) groups excluding carboxylic acids is 1. The maximum absolute atomic E-state index is 12.4. The van der Waals surface area contributed by atoms with Gasteiger partial charge in [-0.1, -0.05) is 12.8 Å². The van der Waals surface area contributed by atoms with Gasteiger partial charge >= 0.3 is 0 Å². The summed E-state index contributed by atoms with van der Waals surface area (Å²) in [6.45, 7) is 1.23. The van der Waals surface area contributed by atoms with Gasteiger partial charge in [0.25, 0.3) is 0 Å². The number of carbonyl (C=O) groups is 1. The van der Waals surface area contributed by atoms with Gasteiger partial charge in [0.15, 0.2) is 0 Å². The summed E-state index contributed by atoms with van der Waals surface area (Å²) in [5.74, 6) is 0.717. The Morgan fingerprint density at radius 3 is 3.00 bits per heavy atom. The van der Waals surface area contributed by atoms with Crippen molar-refractivity contribution in [3.05, 3.63) is 16.6 Å². The summed E-state index contributed by atoms with van der Waals surface area (Å²) < 4.78 is 0. The van der Waals surface area contributed by atoms with E-state index in [0.717, 1.165) is 25.0 Å². The van der Waals surface area contributed by atoms with Gasteiger partial charge in [-0.3, -0.25) is 4.79 Å². The Hall–Kier alpha value is -0.940. The summed E-state index contributed by atoms with van der Waals surface area (Å²) in [6, 6.07) is 0. The van der Waals surface area contributed by atoms with Crippen molar-refractivity contribution < 1.29 is 4.79 Å². The van der Waals surface area contributed by atoms with E-state index in [9.17, 15) is 4.79 Å². The zero-order valence-corrected chi connectivity index (χ0v) is 11.7. The molecule has 0 bridgehead atoms. The molecule has 1 aromatic heterocycles. The van der Waals surface area contributed by atoms with Gasteiger partial charge < -0.3 is 10.6 Å². The minimum atomic E-state index is 0.118. The first-order valence-electron chi connectivity index (χ1n) is 6.54. The van der Waals surface area contributed by atoms with Gasteiger partial charge in [0, 0.05) is 18.3 Å². The van der Waals surface area contributed by atoms with Crippen molar-refractivity contribution in [2.75, 3.05) is 13.6 Å². The second kappa shape index (κ2) is 6.29. The number of rotatable bonds is 4. The van der Waals surface area contributed by atoms with Crippen LogP contribution in [0.1, 0.15) is 31.4 Å². The van der Waals surface area contributed by atoms with Crippen LogP contribution >= 0.6 is 11.3 Å². The molecule has 0 aromatic carbocycles. The Balaban J connectivity index is 1.96. The van der Waals surface area contributed by atoms with Crippen LogP contribution in [0, 0.1) is 11.8 Å². The predicted octanol–water partition coefficient (Wildman–Crippen LogP) is 1.87. The number of thiazole rings is 1. The fraction of sp³-hybridized carbons (Fsp3) is 0.692. The van der Waals surface area contributed by atoms with Crippen LogP contribution in [0.4, 0.5) is 0 Å². The van der Waals surface area contributed by atoms with Crippen molar-refractivity contribution in [3.8, 4) is 0 Å². The van der Waals surface area contributed by atoms with Crippen LogP contribution < -0.4 is 5.73 Å². The lowest BCUT2D eigenvalue weighted by Gasteiger charge is -2.32. The van der Waals surface area contributed by atoms with Gasteiger partial charge in [-0.25, -0.2) is 4.98 Å². The van der Waals surface area contributed by atoms with Crippen LogP contribution in [0.2, 0.25) is 0 Å². The van der Waals surface area contributed by atoms with Crippen molar-refractivity contribution in [1.82, 2.24) is 9.88 Å². The summed E-state index contributed by atoms with van der Waals surface area (Å²) in [4.78, 5) is 18.5. The Bertz CT molecular complexity index is 380. The topological polar surface area (TPSA) is 59.2 Å². The Labute approximate surface area is 112 Å².